The zero-order chi connectivity index (χ0) is 24.9. The molecule has 2 fully saturated rings. The van der Waals surface area contributed by atoms with Crippen LogP contribution in [0.25, 0.3) is 0 Å². The minimum Gasteiger partial charge on any atom is -0.390 e. The molecule has 7 nitrogen and oxygen atoms in total. The van der Waals surface area contributed by atoms with Crippen LogP contribution in [0.1, 0.15) is 38.8 Å². The lowest BCUT2D eigenvalue weighted by Gasteiger charge is -2.47. The maximum absolute atomic E-state index is 11.1. The van der Waals surface area contributed by atoms with Crippen molar-refractivity contribution in [2.75, 3.05) is 0 Å². The number of rotatable bonds is 8. The Kier molecular flexibility index (Phi) is 8.94. The lowest BCUT2D eigenvalue weighted by atomic mass is 9.89. The van der Waals surface area contributed by atoms with E-state index in [2.05, 4.69) is 0 Å². The molecule has 10 unspecified atom stereocenters. The van der Waals surface area contributed by atoms with Gasteiger partial charge in [-0.1, -0.05) is 74.5 Å². The molecule has 0 saturated carbocycles. The molecule has 2 aliphatic rings. The fraction of sp³-hybridized carbons (Fsp3) is 0.571. The molecule has 2 saturated heterocycles. The van der Waals surface area contributed by atoms with E-state index in [9.17, 15) is 10.2 Å². The first kappa shape index (κ1) is 26.2. The first-order valence-corrected chi connectivity index (χ1v) is 12.5. The predicted octanol–water partition coefficient (Wildman–Crippen LogP) is 3.66. The van der Waals surface area contributed by atoms with Crippen molar-refractivity contribution in [1.29, 1.82) is 0 Å². The van der Waals surface area contributed by atoms with E-state index in [0.29, 0.717) is 13.2 Å². The van der Waals surface area contributed by atoms with Crippen molar-refractivity contribution in [2.24, 2.45) is 11.8 Å². The predicted molar refractivity (Wildman–Crippen MR) is 130 cm³/mol. The molecular formula is C28H38O7. The zero-order valence-corrected chi connectivity index (χ0v) is 20.9. The van der Waals surface area contributed by atoms with Crippen LogP contribution in [-0.4, -0.2) is 59.4 Å². The quantitative estimate of drug-likeness (QED) is 0.589. The highest BCUT2D eigenvalue weighted by molar-refractivity contribution is 5.14. The molecule has 4 rings (SSSR count). The molecule has 0 bridgehead atoms. The summed E-state index contributed by atoms with van der Waals surface area (Å²) in [6.07, 6.45) is -5.18. The van der Waals surface area contributed by atoms with Crippen molar-refractivity contribution in [1.82, 2.24) is 0 Å². The Morgan fingerprint density at radius 1 is 0.657 bits per heavy atom. The van der Waals surface area contributed by atoms with E-state index in [1.54, 1.807) is 0 Å². The van der Waals surface area contributed by atoms with E-state index >= 15 is 0 Å². The van der Waals surface area contributed by atoms with E-state index in [1.807, 2.05) is 88.4 Å². The smallest absolute Gasteiger partial charge is 0.187 e. The number of hydrogen-bond acceptors (Lipinski definition) is 7. The van der Waals surface area contributed by atoms with Crippen LogP contribution in [0.2, 0.25) is 0 Å². The highest BCUT2D eigenvalue weighted by Crippen LogP contribution is 2.35. The monoisotopic (exact) mass is 486 g/mol. The van der Waals surface area contributed by atoms with E-state index in [0.717, 1.165) is 11.1 Å². The largest absolute Gasteiger partial charge is 0.390 e. The van der Waals surface area contributed by atoms with E-state index in [4.69, 9.17) is 23.7 Å². The van der Waals surface area contributed by atoms with Crippen LogP contribution in [0, 0.1) is 11.8 Å². The van der Waals surface area contributed by atoms with Gasteiger partial charge in [-0.05, 0) is 25.0 Å². The summed E-state index contributed by atoms with van der Waals surface area (Å²) >= 11 is 0. The Bertz CT molecular complexity index is 895. The number of hydrogen-bond donors (Lipinski definition) is 2. The molecule has 192 valence electrons. The van der Waals surface area contributed by atoms with Crippen molar-refractivity contribution < 1.29 is 33.9 Å². The Labute approximate surface area is 207 Å². The number of ether oxygens (including phenoxy) is 5. The first-order chi connectivity index (χ1) is 16.8. The van der Waals surface area contributed by atoms with Crippen molar-refractivity contribution in [3.8, 4) is 0 Å². The molecule has 10 atom stereocenters. The van der Waals surface area contributed by atoms with Gasteiger partial charge in [0, 0.05) is 11.8 Å². The number of benzene rings is 2. The van der Waals surface area contributed by atoms with Gasteiger partial charge in [0.25, 0.3) is 0 Å². The third-order valence-corrected chi connectivity index (χ3v) is 7.31. The summed E-state index contributed by atoms with van der Waals surface area (Å²) < 4.78 is 30.8. The molecule has 2 aromatic rings. The second kappa shape index (κ2) is 11.9. The van der Waals surface area contributed by atoms with Crippen molar-refractivity contribution in [3.05, 3.63) is 71.8 Å². The summed E-state index contributed by atoms with van der Waals surface area (Å²) in [5.74, 6) is -0.221. The Hall–Kier alpha value is -1.84. The average molecular weight is 487 g/mol. The lowest BCUT2D eigenvalue weighted by Crippen LogP contribution is -2.60. The molecule has 0 aliphatic carbocycles. The van der Waals surface area contributed by atoms with Crippen LogP contribution in [-0.2, 0) is 36.9 Å². The summed E-state index contributed by atoms with van der Waals surface area (Å²) in [5.41, 5.74) is 1.98. The van der Waals surface area contributed by atoms with Crippen LogP contribution in [0.3, 0.4) is 0 Å². The lowest BCUT2D eigenvalue weighted by molar-refractivity contribution is -0.348. The van der Waals surface area contributed by atoms with Gasteiger partial charge in [0.1, 0.15) is 12.2 Å². The third kappa shape index (κ3) is 6.30. The van der Waals surface area contributed by atoms with Gasteiger partial charge >= 0.3 is 0 Å². The normalized spacial score (nSPS) is 37.8. The minimum absolute atomic E-state index is 0.0932. The number of aliphatic hydroxyl groups excluding tert-OH is 2. The van der Waals surface area contributed by atoms with Gasteiger partial charge in [0.15, 0.2) is 12.6 Å². The second-order valence-corrected chi connectivity index (χ2v) is 9.77. The molecule has 0 radical (unpaired) electrons. The van der Waals surface area contributed by atoms with Gasteiger partial charge in [0.05, 0.1) is 37.6 Å². The SMILES string of the molecule is CC1OC(OC2C(C)C(C)OC(O)C2OCc2ccccc2)C(OCc2ccccc2)C(O)C1C. The Morgan fingerprint density at radius 3 is 1.74 bits per heavy atom. The summed E-state index contributed by atoms with van der Waals surface area (Å²) in [7, 11) is 0. The van der Waals surface area contributed by atoms with E-state index in [-0.39, 0.29) is 24.0 Å². The third-order valence-electron chi connectivity index (χ3n) is 7.31. The molecule has 35 heavy (non-hydrogen) atoms. The zero-order valence-electron chi connectivity index (χ0n) is 20.9. The molecule has 0 aromatic heterocycles. The Balaban J connectivity index is 1.51. The summed E-state index contributed by atoms with van der Waals surface area (Å²) in [4.78, 5) is 0. The van der Waals surface area contributed by atoms with Crippen molar-refractivity contribution >= 4 is 0 Å². The number of aliphatic hydroxyl groups is 2. The fourth-order valence-corrected chi connectivity index (χ4v) is 4.65. The van der Waals surface area contributed by atoms with Gasteiger partial charge in [-0.2, -0.15) is 0 Å². The molecule has 2 heterocycles. The van der Waals surface area contributed by atoms with Crippen LogP contribution >= 0.6 is 0 Å². The standard InChI is InChI=1S/C28H38O7/c1-17-19(3)34-28(25(23(17)29)31-15-21-11-7-5-8-12-21)35-24-18(2)20(4)33-27(30)26(24)32-16-22-13-9-6-10-14-22/h5-14,17-20,23-30H,15-16H2,1-4H3. The van der Waals surface area contributed by atoms with Gasteiger partial charge < -0.3 is 33.9 Å². The molecular weight excluding hydrogens is 448 g/mol. The van der Waals surface area contributed by atoms with Crippen molar-refractivity contribution in [3.63, 3.8) is 0 Å². The first-order valence-electron chi connectivity index (χ1n) is 12.5. The summed E-state index contributed by atoms with van der Waals surface area (Å²) in [6, 6.07) is 19.6. The molecule has 2 aliphatic heterocycles. The maximum Gasteiger partial charge on any atom is 0.187 e. The van der Waals surface area contributed by atoms with Gasteiger partial charge in [0.2, 0.25) is 0 Å². The van der Waals surface area contributed by atoms with E-state index in [1.165, 1.54) is 0 Å². The minimum atomic E-state index is -1.15. The van der Waals surface area contributed by atoms with Crippen LogP contribution in [0.4, 0.5) is 0 Å². The maximum atomic E-state index is 11.1. The van der Waals surface area contributed by atoms with Crippen LogP contribution in [0.15, 0.2) is 60.7 Å². The highest BCUT2D eigenvalue weighted by atomic mass is 16.7. The van der Waals surface area contributed by atoms with Gasteiger partial charge in [-0.25, -0.2) is 0 Å². The van der Waals surface area contributed by atoms with Gasteiger partial charge in [-0.15, -0.1) is 0 Å². The molecule has 2 aromatic carbocycles. The van der Waals surface area contributed by atoms with Crippen molar-refractivity contribution in [2.45, 2.75) is 90.1 Å². The van der Waals surface area contributed by atoms with Crippen LogP contribution < -0.4 is 0 Å². The molecule has 7 heteroatoms. The summed E-state index contributed by atoms with van der Waals surface area (Å²) in [5, 5.41) is 21.8. The Morgan fingerprint density at radius 2 is 1.17 bits per heavy atom. The highest BCUT2D eigenvalue weighted by Gasteiger charge is 2.49. The average Bonchev–Trinajstić information content (AvgIpc) is 2.86. The topological polar surface area (TPSA) is 86.6 Å². The summed E-state index contributed by atoms with van der Waals surface area (Å²) in [6.45, 7) is 8.41. The molecule has 0 spiro atoms. The van der Waals surface area contributed by atoms with Gasteiger partial charge in [-0.3, -0.25) is 0 Å². The molecule has 2 N–H and O–H groups in total. The van der Waals surface area contributed by atoms with E-state index < -0.39 is 37.0 Å². The second-order valence-electron chi connectivity index (χ2n) is 9.77. The fourth-order valence-electron chi connectivity index (χ4n) is 4.65. The van der Waals surface area contributed by atoms with Crippen LogP contribution in [0.5, 0.6) is 0 Å². The molecule has 0 amide bonds.